The van der Waals surface area contributed by atoms with Gasteiger partial charge in [-0.15, -0.1) is 0 Å². The fourth-order valence-corrected chi connectivity index (χ4v) is 1.13. The molecule has 0 saturated heterocycles. The van der Waals surface area contributed by atoms with E-state index in [9.17, 15) is 5.11 Å². The van der Waals surface area contributed by atoms with Crippen LogP contribution in [0.3, 0.4) is 0 Å². The van der Waals surface area contributed by atoms with Crippen LogP contribution in [0.1, 0.15) is 24.2 Å². The number of hydrogen-bond donors (Lipinski definition) is 3. The van der Waals surface area contributed by atoms with Crippen molar-refractivity contribution in [2.75, 3.05) is 5.48 Å². The summed E-state index contributed by atoms with van der Waals surface area (Å²) in [5, 5.41) is 18.0. The van der Waals surface area contributed by atoms with Crippen LogP contribution in [0.15, 0.2) is 18.2 Å². The molecule has 1 atom stereocenters. The van der Waals surface area contributed by atoms with E-state index < -0.39 is 6.10 Å². The molecule has 0 heterocycles. The van der Waals surface area contributed by atoms with Crippen molar-refractivity contribution in [1.29, 1.82) is 0 Å². The average molecular weight is 167 g/mol. The Hall–Kier alpha value is -1.06. The number of benzene rings is 1. The molecule has 0 saturated carbocycles. The van der Waals surface area contributed by atoms with Crippen molar-refractivity contribution in [2.24, 2.45) is 0 Å². The number of hydrogen-bond acceptors (Lipinski definition) is 3. The van der Waals surface area contributed by atoms with Gasteiger partial charge in [0.25, 0.3) is 0 Å². The molecule has 0 spiro atoms. The zero-order chi connectivity index (χ0) is 9.14. The highest BCUT2D eigenvalue weighted by Crippen LogP contribution is 2.22. The normalized spacial score (nSPS) is 12.7. The maximum Gasteiger partial charge on any atom is 0.0782 e. The van der Waals surface area contributed by atoms with Gasteiger partial charge in [0.15, 0.2) is 0 Å². The predicted octanol–water partition coefficient (Wildman–Crippen LogP) is 1.85. The molecular formula is C9H13NO2. The van der Waals surface area contributed by atoms with E-state index in [2.05, 4.69) is 5.48 Å². The molecule has 12 heavy (non-hydrogen) atoms. The van der Waals surface area contributed by atoms with E-state index in [-0.39, 0.29) is 0 Å². The summed E-state index contributed by atoms with van der Waals surface area (Å²) in [5.41, 5.74) is 4.35. The lowest BCUT2D eigenvalue weighted by molar-refractivity contribution is 0.199. The molecule has 0 aromatic heterocycles. The summed E-state index contributed by atoms with van der Waals surface area (Å²) in [6, 6.07) is 5.46. The maximum atomic E-state index is 9.28. The van der Waals surface area contributed by atoms with Crippen molar-refractivity contribution < 1.29 is 10.3 Å². The molecule has 1 aromatic rings. The van der Waals surface area contributed by atoms with Crippen LogP contribution in [0.5, 0.6) is 0 Å². The molecule has 0 amide bonds. The zero-order valence-corrected chi connectivity index (χ0v) is 7.20. The van der Waals surface area contributed by atoms with Gasteiger partial charge < -0.3 is 5.11 Å². The van der Waals surface area contributed by atoms with E-state index >= 15 is 0 Å². The van der Waals surface area contributed by atoms with E-state index in [4.69, 9.17) is 5.21 Å². The maximum absolute atomic E-state index is 9.28. The molecular weight excluding hydrogens is 154 g/mol. The highest BCUT2D eigenvalue weighted by molar-refractivity contribution is 5.52. The van der Waals surface area contributed by atoms with Gasteiger partial charge in [0.1, 0.15) is 0 Å². The number of anilines is 1. The molecule has 0 aliphatic carbocycles. The third kappa shape index (κ3) is 1.75. The molecule has 0 fully saturated rings. The summed E-state index contributed by atoms with van der Waals surface area (Å²) >= 11 is 0. The average Bonchev–Trinajstić information content (AvgIpc) is 2.03. The summed E-state index contributed by atoms with van der Waals surface area (Å²) in [7, 11) is 0. The number of nitrogens with one attached hydrogen (secondary N) is 1. The summed E-state index contributed by atoms with van der Waals surface area (Å²) in [4.78, 5) is 0. The minimum Gasteiger partial charge on any atom is -0.389 e. The second kappa shape index (κ2) is 3.56. The fraction of sp³-hybridized carbons (Fsp3) is 0.333. The Bertz CT molecular complexity index is 271. The first-order valence-corrected chi connectivity index (χ1v) is 3.84. The lowest BCUT2D eigenvalue weighted by Crippen LogP contribution is -1.99. The number of rotatable bonds is 2. The van der Waals surface area contributed by atoms with Gasteiger partial charge in [-0.25, -0.2) is 0 Å². The van der Waals surface area contributed by atoms with Gasteiger partial charge in [-0.1, -0.05) is 12.1 Å². The zero-order valence-electron chi connectivity index (χ0n) is 7.20. The molecule has 0 bridgehead atoms. The minimum absolute atomic E-state index is 0.560. The first-order chi connectivity index (χ1) is 5.65. The molecule has 0 radical (unpaired) electrons. The molecule has 3 N–H and O–H groups in total. The van der Waals surface area contributed by atoms with Crippen LogP contribution in [0.25, 0.3) is 0 Å². The van der Waals surface area contributed by atoms with Crippen LogP contribution >= 0.6 is 0 Å². The van der Waals surface area contributed by atoms with E-state index in [1.807, 2.05) is 13.0 Å². The summed E-state index contributed by atoms with van der Waals surface area (Å²) < 4.78 is 0. The smallest absolute Gasteiger partial charge is 0.0782 e. The second-order valence-electron chi connectivity index (χ2n) is 2.88. The van der Waals surface area contributed by atoms with Gasteiger partial charge in [-0.05, 0) is 25.5 Å². The first kappa shape index (κ1) is 9.03. The number of aliphatic hydroxyl groups is 1. The molecule has 3 heteroatoms. The van der Waals surface area contributed by atoms with Gasteiger partial charge >= 0.3 is 0 Å². The monoisotopic (exact) mass is 167 g/mol. The molecule has 0 aliphatic rings. The largest absolute Gasteiger partial charge is 0.389 e. The third-order valence-electron chi connectivity index (χ3n) is 1.78. The Morgan fingerprint density at radius 3 is 2.58 bits per heavy atom. The summed E-state index contributed by atoms with van der Waals surface area (Å²) in [6.07, 6.45) is -0.569. The fourth-order valence-electron chi connectivity index (χ4n) is 1.13. The summed E-state index contributed by atoms with van der Waals surface area (Å²) in [5.74, 6) is 0. The van der Waals surface area contributed by atoms with Crippen LogP contribution < -0.4 is 5.48 Å². The van der Waals surface area contributed by atoms with Gasteiger partial charge in [0.05, 0.1) is 11.8 Å². The highest BCUT2D eigenvalue weighted by atomic mass is 16.5. The van der Waals surface area contributed by atoms with Crippen molar-refractivity contribution in [3.8, 4) is 0 Å². The Morgan fingerprint density at radius 1 is 1.42 bits per heavy atom. The van der Waals surface area contributed by atoms with E-state index in [1.165, 1.54) is 0 Å². The lowest BCUT2D eigenvalue weighted by Gasteiger charge is -2.10. The molecule has 1 rings (SSSR count). The van der Waals surface area contributed by atoms with Gasteiger partial charge in [0.2, 0.25) is 0 Å². The topological polar surface area (TPSA) is 52.5 Å². The summed E-state index contributed by atoms with van der Waals surface area (Å²) in [6.45, 7) is 3.58. The Labute approximate surface area is 71.6 Å². The Balaban J connectivity index is 3.11. The Kier molecular flexibility index (Phi) is 2.68. The molecule has 1 aromatic carbocycles. The quantitative estimate of drug-likeness (QED) is 0.589. The number of aliphatic hydroxyl groups excluding tert-OH is 1. The van der Waals surface area contributed by atoms with E-state index in [1.54, 1.807) is 19.1 Å². The Morgan fingerprint density at radius 2 is 2.08 bits per heavy atom. The molecule has 0 aliphatic heterocycles. The van der Waals surface area contributed by atoms with Gasteiger partial charge in [-0.2, -0.15) is 0 Å². The third-order valence-corrected chi connectivity index (χ3v) is 1.78. The van der Waals surface area contributed by atoms with Crippen LogP contribution in [-0.4, -0.2) is 10.3 Å². The second-order valence-corrected chi connectivity index (χ2v) is 2.88. The minimum atomic E-state index is -0.569. The molecule has 1 unspecified atom stereocenters. The first-order valence-electron chi connectivity index (χ1n) is 3.84. The van der Waals surface area contributed by atoms with Gasteiger partial charge in [-0.3, -0.25) is 10.7 Å². The van der Waals surface area contributed by atoms with Crippen molar-refractivity contribution in [2.45, 2.75) is 20.0 Å². The van der Waals surface area contributed by atoms with Crippen LogP contribution in [-0.2, 0) is 0 Å². The van der Waals surface area contributed by atoms with E-state index in [0.29, 0.717) is 11.3 Å². The van der Waals surface area contributed by atoms with Crippen LogP contribution in [0.2, 0.25) is 0 Å². The highest BCUT2D eigenvalue weighted by Gasteiger charge is 2.06. The predicted molar refractivity (Wildman–Crippen MR) is 47.2 cm³/mol. The van der Waals surface area contributed by atoms with Crippen molar-refractivity contribution in [1.82, 2.24) is 0 Å². The molecule has 66 valence electrons. The van der Waals surface area contributed by atoms with E-state index in [0.717, 1.165) is 5.56 Å². The number of aryl methyl sites for hydroxylation is 1. The van der Waals surface area contributed by atoms with Crippen molar-refractivity contribution in [3.05, 3.63) is 29.3 Å². The molecule has 3 nitrogen and oxygen atoms in total. The van der Waals surface area contributed by atoms with Crippen LogP contribution in [0.4, 0.5) is 5.69 Å². The SMILES string of the molecule is Cc1ccc(C(C)O)c(NO)c1. The van der Waals surface area contributed by atoms with Crippen molar-refractivity contribution in [3.63, 3.8) is 0 Å². The van der Waals surface area contributed by atoms with Crippen LogP contribution in [0, 0.1) is 6.92 Å². The standard InChI is InChI=1S/C9H13NO2/c1-6-3-4-8(7(2)11)9(5-6)10-12/h3-5,7,10-12H,1-2H3. The van der Waals surface area contributed by atoms with Gasteiger partial charge in [0, 0.05) is 5.56 Å². The lowest BCUT2D eigenvalue weighted by atomic mass is 10.1. The van der Waals surface area contributed by atoms with Crippen molar-refractivity contribution >= 4 is 5.69 Å².